The van der Waals surface area contributed by atoms with Gasteiger partial charge in [0.15, 0.2) is 0 Å². The Bertz CT molecular complexity index is 730. The van der Waals surface area contributed by atoms with Gasteiger partial charge < -0.3 is 15.8 Å². The maximum absolute atomic E-state index is 11.9. The van der Waals surface area contributed by atoms with Gasteiger partial charge in [-0.25, -0.2) is 4.68 Å². The number of methoxy groups -OCH3 is 1. The lowest BCUT2D eigenvalue weighted by Gasteiger charge is -2.09. The van der Waals surface area contributed by atoms with Gasteiger partial charge in [-0.3, -0.25) is 9.59 Å². The summed E-state index contributed by atoms with van der Waals surface area (Å²) >= 11 is 5.95. The molecular formula is C13H13ClN4O3. The predicted molar refractivity (Wildman–Crippen MR) is 79.5 cm³/mol. The van der Waals surface area contributed by atoms with E-state index in [-0.39, 0.29) is 12.4 Å². The topological polar surface area (TPSA) is 99.2 Å². The number of nitrogens with zero attached hydrogens (tertiary/aromatic N) is 2. The number of hydrogen-bond acceptors (Lipinski definition) is 5. The van der Waals surface area contributed by atoms with Crippen LogP contribution in [0.2, 0.25) is 5.02 Å². The predicted octanol–water partition coefficient (Wildman–Crippen LogP) is 1.13. The number of nitrogen functional groups attached to an aromatic ring is 1. The Kier molecular flexibility index (Phi) is 4.44. The largest absolute Gasteiger partial charge is 0.480 e. The van der Waals surface area contributed by atoms with E-state index in [1.807, 2.05) is 0 Å². The quantitative estimate of drug-likeness (QED) is 0.825. The molecule has 0 atom stereocenters. The molecule has 1 heterocycles. The van der Waals surface area contributed by atoms with Crippen molar-refractivity contribution in [3.05, 3.63) is 45.7 Å². The van der Waals surface area contributed by atoms with Gasteiger partial charge in [0, 0.05) is 17.8 Å². The fourth-order valence-corrected chi connectivity index (χ4v) is 1.78. The Labute approximate surface area is 125 Å². The molecule has 8 heteroatoms. The van der Waals surface area contributed by atoms with Crippen LogP contribution >= 0.6 is 11.6 Å². The summed E-state index contributed by atoms with van der Waals surface area (Å²) in [5.74, 6) is -0.213. The van der Waals surface area contributed by atoms with Gasteiger partial charge in [0.2, 0.25) is 11.8 Å². The maximum Gasteiger partial charge on any atom is 0.267 e. The van der Waals surface area contributed by atoms with Crippen molar-refractivity contribution >= 4 is 28.9 Å². The third kappa shape index (κ3) is 3.73. The summed E-state index contributed by atoms with van der Waals surface area (Å²) in [5.41, 5.74) is 6.05. The van der Waals surface area contributed by atoms with Gasteiger partial charge in [0.1, 0.15) is 6.54 Å². The van der Waals surface area contributed by atoms with Crippen molar-refractivity contribution in [3.63, 3.8) is 0 Å². The second-order valence-electron chi connectivity index (χ2n) is 4.16. The molecule has 0 aliphatic heterocycles. The number of aromatic nitrogens is 2. The standard InChI is InChI=1S/C13H13ClN4O3/c1-21-12-4-5-13(20)18(17-12)7-11(19)16-10-6-8(15)2-3-9(10)14/h2-6H,7,15H2,1H3,(H,16,19). The van der Waals surface area contributed by atoms with E-state index in [2.05, 4.69) is 10.4 Å². The van der Waals surface area contributed by atoms with Crippen molar-refractivity contribution in [3.8, 4) is 5.88 Å². The third-order valence-corrected chi connectivity index (χ3v) is 2.94. The summed E-state index contributed by atoms with van der Waals surface area (Å²) < 4.78 is 5.90. The minimum Gasteiger partial charge on any atom is -0.480 e. The number of hydrogen-bond donors (Lipinski definition) is 2. The van der Waals surface area contributed by atoms with Crippen LogP contribution < -0.4 is 21.3 Å². The molecule has 2 rings (SSSR count). The number of benzene rings is 1. The lowest BCUT2D eigenvalue weighted by molar-refractivity contribution is -0.117. The zero-order valence-electron chi connectivity index (χ0n) is 11.2. The summed E-state index contributed by atoms with van der Waals surface area (Å²) in [6.07, 6.45) is 0. The first-order chi connectivity index (χ1) is 9.99. The molecule has 0 saturated heterocycles. The van der Waals surface area contributed by atoms with Crippen LogP contribution in [-0.2, 0) is 11.3 Å². The second kappa shape index (κ2) is 6.27. The summed E-state index contributed by atoms with van der Waals surface area (Å²) in [6.45, 7) is -0.263. The van der Waals surface area contributed by atoms with E-state index in [0.717, 1.165) is 4.68 Å². The molecule has 1 aromatic heterocycles. The second-order valence-corrected chi connectivity index (χ2v) is 4.57. The third-order valence-electron chi connectivity index (χ3n) is 2.61. The van der Waals surface area contributed by atoms with E-state index in [4.69, 9.17) is 22.1 Å². The molecule has 2 aromatic rings. The van der Waals surface area contributed by atoms with Crippen LogP contribution in [0.5, 0.6) is 5.88 Å². The first-order valence-electron chi connectivity index (χ1n) is 5.96. The molecule has 0 radical (unpaired) electrons. The molecule has 0 bridgehead atoms. The van der Waals surface area contributed by atoms with Crippen LogP contribution in [0.4, 0.5) is 11.4 Å². The highest BCUT2D eigenvalue weighted by Crippen LogP contribution is 2.23. The number of carbonyl (C=O) groups excluding carboxylic acids is 1. The fraction of sp³-hybridized carbons (Fsp3) is 0.154. The molecule has 0 fully saturated rings. The van der Waals surface area contributed by atoms with E-state index >= 15 is 0 Å². The lowest BCUT2D eigenvalue weighted by atomic mass is 10.3. The first kappa shape index (κ1) is 14.9. The summed E-state index contributed by atoms with van der Waals surface area (Å²) in [4.78, 5) is 23.6. The van der Waals surface area contributed by atoms with E-state index in [9.17, 15) is 9.59 Å². The molecule has 7 nitrogen and oxygen atoms in total. The lowest BCUT2D eigenvalue weighted by Crippen LogP contribution is -2.29. The Hall–Kier alpha value is -2.54. The highest BCUT2D eigenvalue weighted by molar-refractivity contribution is 6.33. The van der Waals surface area contributed by atoms with Crippen LogP contribution in [0, 0.1) is 0 Å². The summed E-state index contributed by atoms with van der Waals surface area (Å²) in [6, 6.07) is 7.41. The number of nitrogens with two attached hydrogens (primary N) is 1. The van der Waals surface area contributed by atoms with E-state index < -0.39 is 11.5 Å². The molecule has 1 amide bonds. The van der Waals surface area contributed by atoms with Crippen LogP contribution in [0.15, 0.2) is 35.1 Å². The molecule has 0 saturated carbocycles. The first-order valence-corrected chi connectivity index (χ1v) is 6.34. The normalized spacial score (nSPS) is 10.2. The van der Waals surface area contributed by atoms with Gasteiger partial charge in [0.25, 0.3) is 5.56 Å². The molecule has 0 aliphatic carbocycles. The van der Waals surface area contributed by atoms with Crippen molar-refractivity contribution in [2.45, 2.75) is 6.54 Å². The van der Waals surface area contributed by atoms with Crippen LogP contribution in [0.1, 0.15) is 0 Å². The highest BCUT2D eigenvalue weighted by atomic mass is 35.5. The Morgan fingerprint density at radius 1 is 1.43 bits per heavy atom. The molecule has 1 aromatic carbocycles. The Morgan fingerprint density at radius 3 is 2.90 bits per heavy atom. The molecular weight excluding hydrogens is 296 g/mol. The van der Waals surface area contributed by atoms with Gasteiger partial charge in [-0.2, -0.15) is 0 Å². The molecule has 0 spiro atoms. The van der Waals surface area contributed by atoms with E-state index in [0.29, 0.717) is 16.4 Å². The summed E-state index contributed by atoms with van der Waals surface area (Å²) in [5, 5.41) is 6.80. The molecule has 0 aliphatic rings. The minimum atomic E-state index is -0.453. The smallest absolute Gasteiger partial charge is 0.267 e. The number of ether oxygens (including phenoxy) is 1. The van der Waals surface area contributed by atoms with Crippen molar-refractivity contribution < 1.29 is 9.53 Å². The molecule has 110 valence electrons. The average molecular weight is 309 g/mol. The zero-order chi connectivity index (χ0) is 15.4. The minimum absolute atomic E-state index is 0.240. The fourth-order valence-electron chi connectivity index (χ4n) is 1.62. The maximum atomic E-state index is 11.9. The SMILES string of the molecule is COc1ccc(=O)n(CC(=O)Nc2cc(N)ccc2Cl)n1. The molecule has 3 N–H and O–H groups in total. The van der Waals surface area contributed by atoms with Crippen LogP contribution in [0.25, 0.3) is 0 Å². The van der Waals surface area contributed by atoms with E-state index in [1.165, 1.54) is 25.3 Å². The number of amides is 1. The van der Waals surface area contributed by atoms with Gasteiger partial charge in [-0.1, -0.05) is 11.6 Å². The van der Waals surface area contributed by atoms with Crippen molar-refractivity contribution in [2.75, 3.05) is 18.2 Å². The highest BCUT2D eigenvalue weighted by Gasteiger charge is 2.09. The number of carbonyl (C=O) groups is 1. The van der Waals surface area contributed by atoms with Gasteiger partial charge in [-0.05, 0) is 18.2 Å². The van der Waals surface area contributed by atoms with Crippen molar-refractivity contribution in [2.24, 2.45) is 0 Å². The number of rotatable bonds is 4. The molecule has 21 heavy (non-hydrogen) atoms. The van der Waals surface area contributed by atoms with Crippen molar-refractivity contribution in [1.82, 2.24) is 9.78 Å². The molecule has 0 unspecified atom stereocenters. The number of anilines is 2. The van der Waals surface area contributed by atoms with Gasteiger partial charge >= 0.3 is 0 Å². The Balaban J connectivity index is 2.15. The van der Waals surface area contributed by atoms with Crippen LogP contribution in [0.3, 0.4) is 0 Å². The van der Waals surface area contributed by atoms with Gasteiger partial charge in [0.05, 0.1) is 17.8 Å². The van der Waals surface area contributed by atoms with Crippen LogP contribution in [-0.4, -0.2) is 22.8 Å². The summed E-state index contributed by atoms with van der Waals surface area (Å²) in [7, 11) is 1.42. The van der Waals surface area contributed by atoms with Crippen molar-refractivity contribution in [1.29, 1.82) is 0 Å². The Morgan fingerprint density at radius 2 is 2.19 bits per heavy atom. The zero-order valence-corrected chi connectivity index (χ0v) is 11.9. The average Bonchev–Trinajstić information content (AvgIpc) is 2.45. The number of halogens is 1. The monoisotopic (exact) mass is 308 g/mol. The number of nitrogens with one attached hydrogen (secondary N) is 1. The van der Waals surface area contributed by atoms with E-state index in [1.54, 1.807) is 12.1 Å². The van der Waals surface area contributed by atoms with Gasteiger partial charge in [-0.15, -0.1) is 5.10 Å².